The highest BCUT2D eigenvalue weighted by atomic mass is 32.2. The SMILES string of the molecule is O=C(CSc1nnc(Nc2ccccc2F)s1)N1CCN(c2ccccc2[N+](=O)[O-])CC1. The molecule has 0 radical (unpaired) electrons. The second-order valence-corrected chi connectivity index (χ2v) is 9.08. The zero-order chi connectivity index (χ0) is 22.5. The van der Waals surface area contributed by atoms with Gasteiger partial charge >= 0.3 is 0 Å². The number of carbonyl (C=O) groups excluding carboxylic acids is 1. The molecular weight excluding hydrogens is 455 g/mol. The number of halogens is 1. The number of nitrogens with one attached hydrogen (secondary N) is 1. The van der Waals surface area contributed by atoms with Gasteiger partial charge in [-0.25, -0.2) is 4.39 Å². The fourth-order valence-corrected chi connectivity index (χ4v) is 4.96. The number of nitrogens with zero attached hydrogens (tertiary/aromatic N) is 5. The maximum absolute atomic E-state index is 13.7. The van der Waals surface area contributed by atoms with E-state index >= 15 is 0 Å². The predicted octanol–water partition coefficient (Wildman–Crippen LogP) is 3.77. The summed E-state index contributed by atoms with van der Waals surface area (Å²) < 4.78 is 14.3. The average molecular weight is 475 g/mol. The second kappa shape index (κ2) is 9.92. The Morgan fingerprint density at radius 1 is 1.12 bits per heavy atom. The van der Waals surface area contributed by atoms with E-state index in [2.05, 4.69) is 15.5 Å². The van der Waals surface area contributed by atoms with Crippen molar-refractivity contribution in [2.45, 2.75) is 4.34 Å². The van der Waals surface area contributed by atoms with Crippen LogP contribution in [0.1, 0.15) is 0 Å². The number of nitro groups is 1. The van der Waals surface area contributed by atoms with Crippen LogP contribution in [-0.2, 0) is 4.79 Å². The van der Waals surface area contributed by atoms with Crippen molar-refractivity contribution in [2.24, 2.45) is 0 Å². The number of anilines is 3. The van der Waals surface area contributed by atoms with Crippen molar-refractivity contribution in [3.63, 3.8) is 0 Å². The first-order valence-electron chi connectivity index (χ1n) is 9.75. The number of thioether (sulfide) groups is 1. The third-order valence-electron chi connectivity index (χ3n) is 4.89. The Balaban J connectivity index is 1.28. The monoisotopic (exact) mass is 474 g/mol. The topological polar surface area (TPSA) is 104 Å². The molecule has 0 aliphatic carbocycles. The lowest BCUT2D eigenvalue weighted by Gasteiger charge is -2.35. The van der Waals surface area contributed by atoms with E-state index < -0.39 is 0 Å². The van der Waals surface area contributed by atoms with E-state index in [0.29, 0.717) is 47.0 Å². The highest BCUT2D eigenvalue weighted by molar-refractivity contribution is 8.01. The maximum Gasteiger partial charge on any atom is 0.292 e. The van der Waals surface area contributed by atoms with Gasteiger partial charge in [0.15, 0.2) is 4.34 Å². The van der Waals surface area contributed by atoms with E-state index in [9.17, 15) is 19.3 Å². The Morgan fingerprint density at radius 2 is 1.84 bits per heavy atom. The average Bonchev–Trinajstić information content (AvgIpc) is 3.26. The lowest BCUT2D eigenvalue weighted by Crippen LogP contribution is -2.49. The Hall–Kier alpha value is -3.25. The summed E-state index contributed by atoms with van der Waals surface area (Å²) in [5.41, 5.74) is 0.953. The lowest BCUT2D eigenvalue weighted by atomic mass is 10.2. The molecule has 1 saturated heterocycles. The van der Waals surface area contributed by atoms with Gasteiger partial charge in [0.2, 0.25) is 11.0 Å². The molecule has 2 heterocycles. The summed E-state index contributed by atoms with van der Waals surface area (Å²) in [5, 5.41) is 22.6. The number of para-hydroxylation sites is 3. The smallest absolute Gasteiger partial charge is 0.292 e. The third kappa shape index (κ3) is 5.14. The Labute approximate surface area is 191 Å². The molecule has 1 fully saturated rings. The van der Waals surface area contributed by atoms with Gasteiger partial charge in [-0.2, -0.15) is 0 Å². The molecule has 1 aliphatic rings. The van der Waals surface area contributed by atoms with Crippen LogP contribution in [0.15, 0.2) is 52.9 Å². The van der Waals surface area contributed by atoms with Crippen molar-refractivity contribution in [3.8, 4) is 0 Å². The molecule has 0 unspecified atom stereocenters. The standard InChI is InChI=1S/C20H19FN6O3S2/c21-14-5-1-2-6-15(14)22-19-23-24-20(32-19)31-13-18(28)26-11-9-25(10-12-26)16-7-3-4-8-17(16)27(29)30/h1-8H,9-13H2,(H,22,23). The van der Waals surface area contributed by atoms with E-state index in [4.69, 9.17) is 0 Å². The van der Waals surface area contributed by atoms with Crippen LogP contribution >= 0.6 is 23.1 Å². The van der Waals surface area contributed by atoms with Crippen LogP contribution in [0, 0.1) is 15.9 Å². The van der Waals surface area contributed by atoms with E-state index in [-0.39, 0.29) is 28.1 Å². The molecule has 1 aliphatic heterocycles. The number of hydrogen-bond acceptors (Lipinski definition) is 9. The quantitative estimate of drug-likeness (QED) is 0.314. The minimum atomic E-state index is -0.388. The fraction of sp³-hybridized carbons (Fsp3) is 0.250. The molecule has 32 heavy (non-hydrogen) atoms. The highest BCUT2D eigenvalue weighted by Gasteiger charge is 2.25. The molecule has 0 bridgehead atoms. The highest BCUT2D eigenvalue weighted by Crippen LogP contribution is 2.30. The summed E-state index contributed by atoms with van der Waals surface area (Å²) in [5.74, 6) is -0.206. The normalized spacial score (nSPS) is 13.8. The van der Waals surface area contributed by atoms with Gasteiger partial charge in [0.1, 0.15) is 11.5 Å². The largest absolute Gasteiger partial charge is 0.362 e. The van der Waals surface area contributed by atoms with E-state index in [1.165, 1.54) is 35.2 Å². The number of piperazine rings is 1. The van der Waals surface area contributed by atoms with Gasteiger partial charge in [-0.1, -0.05) is 47.4 Å². The van der Waals surface area contributed by atoms with Gasteiger partial charge < -0.3 is 15.1 Å². The van der Waals surface area contributed by atoms with Crippen molar-refractivity contribution in [2.75, 3.05) is 42.1 Å². The number of benzene rings is 2. The van der Waals surface area contributed by atoms with Crippen LogP contribution < -0.4 is 10.2 Å². The van der Waals surface area contributed by atoms with Gasteiger partial charge in [-0.05, 0) is 18.2 Å². The first kappa shape index (κ1) is 22.0. The number of aromatic nitrogens is 2. The minimum Gasteiger partial charge on any atom is -0.362 e. The summed E-state index contributed by atoms with van der Waals surface area (Å²) in [6.07, 6.45) is 0. The second-order valence-electron chi connectivity index (χ2n) is 6.88. The van der Waals surface area contributed by atoms with Gasteiger partial charge in [0, 0.05) is 32.2 Å². The van der Waals surface area contributed by atoms with Crippen molar-refractivity contribution in [1.29, 1.82) is 0 Å². The third-order valence-corrected chi connectivity index (χ3v) is 6.85. The van der Waals surface area contributed by atoms with Gasteiger partial charge in [-0.3, -0.25) is 14.9 Å². The molecule has 4 rings (SSSR count). The van der Waals surface area contributed by atoms with Gasteiger partial charge in [0.25, 0.3) is 5.69 Å². The van der Waals surface area contributed by atoms with Crippen molar-refractivity contribution >= 4 is 51.2 Å². The molecule has 166 valence electrons. The van der Waals surface area contributed by atoms with Crippen molar-refractivity contribution < 1.29 is 14.1 Å². The van der Waals surface area contributed by atoms with Crippen LogP contribution in [-0.4, -0.2) is 57.9 Å². The van der Waals surface area contributed by atoms with Crippen LogP contribution in [0.25, 0.3) is 0 Å². The Kier molecular flexibility index (Phi) is 6.81. The Morgan fingerprint density at radius 3 is 2.59 bits per heavy atom. The summed E-state index contributed by atoms with van der Waals surface area (Å²) in [4.78, 5) is 27.1. The Bertz CT molecular complexity index is 1120. The molecule has 3 aromatic rings. The first-order chi connectivity index (χ1) is 15.5. The zero-order valence-corrected chi connectivity index (χ0v) is 18.4. The number of rotatable bonds is 7. The summed E-state index contributed by atoms with van der Waals surface area (Å²) >= 11 is 2.53. The van der Waals surface area contributed by atoms with Gasteiger partial charge in [0.05, 0.1) is 16.4 Å². The minimum absolute atomic E-state index is 0.0315. The molecule has 1 amide bonds. The summed E-state index contributed by atoms with van der Waals surface area (Å²) in [6.45, 7) is 2.02. The van der Waals surface area contributed by atoms with Crippen LogP contribution in [0.4, 0.5) is 26.6 Å². The van der Waals surface area contributed by atoms with E-state index in [0.717, 1.165) is 0 Å². The molecule has 9 nitrogen and oxygen atoms in total. The summed E-state index contributed by atoms with van der Waals surface area (Å²) in [6, 6.07) is 12.9. The lowest BCUT2D eigenvalue weighted by molar-refractivity contribution is -0.384. The molecule has 2 aromatic carbocycles. The molecule has 0 spiro atoms. The molecule has 12 heteroatoms. The number of hydrogen-bond donors (Lipinski definition) is 1. The van der Waals surface area contributed by atoms with E-state index in [1.54, 1.807) is 41.3 Å². The van der Waals surface area contributed by atoms with Crippen molar-refractivity contribution in [3.05, 3.63) is 64.5 Å². The molecule has 1 N–H and O–H groups in total. The molecule has 0 atom stereocenters. The van der Waals surface area contributed by atoms with Gasteiger partial charge in [-0.15, -0.1) is 10.2 Å². The molecule has 1 aromatic heterocycles. The van der Waals surface area contributed by atoms with E-state index in [1.807, 2.05) is 4.90 Å². The van der Waals surface area contributed by atoms with Crippen molar-refractivity contribution in [1.82, 2.24) is 15.1 Å². The molecule has 0 saturated carbocycles. The number of amides is 1. The number of nitro benzene ring substituents is 1. The maximum atomic E-state index is 13.7. The van der Waals surface area contributed by atoms with Crippen LogP contribution in [0.2, 0.25) is 0 Å². The van der Waals surface area contributed by atoms with Crippen LogP contribution in [0.3, 0.4) is 0 Å². The fourth-order valence-electron chi connectivity index (χ4n) is 3.29. The first-order valence-corrected chi connectivity index (χ1v) is 11.6. The molecular formula is C20H19FN6O3S2. The van der Waals surface area contributed by atoms with Crippen LogP contribution in [0.5, 0.6) is 0 Å². The summed E-state index contributed by atoms with van der Waals surface area (Å²) in [7, 11) is 0. The number of carbonyl (C=O) groups is 1. The predicted molar refractivity (Wildman–Crippen MR) is 122 cm³/mol. The zero-order valence-electron chi connectivity index (χ0n) is 16.8.